The third-order valence-electron chi connectivity index (χ3n) is 4.77. The van der Waals surface area contributed by atoms with Crippen molar-refractivity contribution in [3.05, 3.63) is 82.4 Å². The summed E-state index contributed by atoms with van der Waals surface area (Å²) in [5, 5.41) is 10.9. The summed E-state index contributed by atoms with van der Waals surface area (Å²) in [4.78, 5) is 15.3. The molecule has 1 aliphatic rings. The molecule has 3 aromatic carbocycles. The molecule has 0 bridgehead atoms. The van der Waals surface area contributed by atoms with Gasteiger partial charge in [-0.25, -0.2) is 4.98 Å². The first-order valence-corrected chi connectivity index (χ1v) is 8.78. The van der Waals surface area contributed by atoms with Gasteiger partial charge in [0.05, 0.1) is 16.0 Å². The Labute approximate surface area is 159 Å². The molecule has 0 fully saturated rings. The van der Waals surface area contributed by atoms with Gasteiger partial charge in [-0.15, -0.1) is 0 Å². The van der Waals surface area contributed by atoms with Crippen molar-refractivity contribution < 1.29 is 14.4 Å². The van der Waals surface area contributed by atoms with E-state index in [9.17, 15) is 10.1 Å². The van der Waals surface area contributed by atoms with Crippen molar-refractivity contribution in [3.63, 3.8) is 0 Å². The smallest absolute Gasteiger partial charge is 0.269 e. The summed E-state index contributed by atoms with van der Waals surface area (Å²) in [5.74, 6) is 2.23. The fourth-order valence-electron chi connectivity index (χ4n) is 3.40. The third kappa shape index (κ3) is 2.73. The predicted octanol–water partition coefficient (Wildman–Crippen LogP) is 4.39. The van der Waals surface area contributed by atoms with Gasteiger partial charge in [-0.3, -0.25) is 10.1 Å². The van der Waals surface area contributed by atoms with E-state index in [-0.39, 0.29) is 12.5 Å². The van der Waals surface area contributed by atoms with Crippen LogP contribution < -0.4 is 9.47 Å². The van der Waals surface area contributed by atoms with Gasteiger partial charge in [0.25, 0.3) is 5.69 Å². The van der Waals surface area contributed by atoms with Gasteiger partial charge < -0.3 is 14.0 Å². The van der Waals surface area contributed by atoms with Crippen molar-refractivity contribution >= 4 is 16.7 Å². The molecule has 4 aromatic rings. The third-order valence-corrected chi connectivity index (χ3v) is 4.77. The average molecular weight is 373 g/mol. The van der Waals surface area contributed by atoms with E-state index in [2.05, 4.69) is 4.57 Å². The highest BCUT2D eigenvalue weighted by Crippen LogP contribution is 2.36. The Morgan fingerprint density at radius 2 is 1.79 bits per heavy atom. The number of hydrogen-bond acceptors (Lipinski definition) is 5. The second-order valence-electron chi connectivity index (χ2n) is 6.50. The van der Waals surface area contributed by atoms with Crippen LogP contribution >= 0.6 is 0 Å². The summed E-state index contributed by atoms with van der Waals surface area (Å²) >= 11 is 0. The monoisotopic (exact) mass is 373 g/mol. The number of rotatable bonds is 4. The fraction of sp³-hybridized carbons (Fsp3) is 0.0952. The molecule has 0 unspecified atom stereocenters. The molecule has 5 rings (SSSR count). The Bertz CT molecular complexity index is 1200. The minimum atomic E-state index is -0.394. The van der Waals surface area contributed by atoms with E-state index >= 15 is 0 Å². The van der Waals surface area contributed by atoms with Crippen LogP contribution in [0.25, 0.3) is 22.4 Å². The average Bonchev–Trinajstić information content (AvgIpc) is 3.32. The lowest BCUT2D eigenvalue weighted by Crippen LogP contribution is -2.02. The largest absolute Gasteiger partial charge is 0.454 e. The van der Waals surface area contributed by atoms with Gasteiger partial charge in [0, 0.05) is 24.2 Å². The second kappa shape index (κ2) is 6.38. The first-order chi connectivity index (χ1) is 13.7. The van der Waals surface area contributed by atoms with Crippen molar-refractivity contribution in [1.29, 1.82) is 0 Å². The Morgan fingerprint density at radius 1 is 1.00 bits per heavy atom. The first-order valence-electron chi connectivity index (χ1n) is 8.78. The summed E-state index contributed by atoms with van der Waals surface area (Å²) in [6.07, 6.45) is 0. The lowest BCUT2D eigenvalue weighted by molar-refractivity contribution is -0.384. The fourth-order valence-corrected chi connectivity index (χ4v) is 3.40. The highest BCUT2D eigenvalue weighted by Gasteiger charge is 2.18. The predicted molar refractivity (Wildman–Crippen MR) is 103 cm³/mol. The molecular formula is C21H15N3O4. The molecule has 0 atom stereocenters. The van der Waals surface area contributed by atoms with E-state index in [1.807, 2.05) is 42.5 Å². The highest BCUT2D eigenvalue weighted by atomic mass is 16.7. The number of imidazole rings is 1. The molecule has 0 saturated heterocycles. The molecule has 0 spiro atoms. The van der Waals surface area contributed by atoms with Crippen LogP contribution in [0, 0.1) is 10.1 Å². The molecule has 0 saturated carbocycles. The summed E-state index contributed by atoms with van der Waals surface area (Å²) in [6, 6.07) is 20.3. The number of aromatic nitrogens is 2. The highest BCUT2D eigenvalue weighted by molar-refractivity contribution is 5.81. The van der Waals surface area contributed by atoms with Gasteiger partial charge >= 0.3 is 0 Å². The molecule has 2 heterocycles. The van der Waals surface area contributed by atoms with E-state index in [1.54, 1.807) is 12.1 Å². The molecule has 138 valence electrons. The van der Waals surface area contributed by atoms with E-state index < -0.39 is 4.92 Å². The number of nitro groups is 1. The van der Waals surface area contributed by atoms with Crippen molar-refractivity contribution in [2.75, 3.05) is 6.79 Å². The number of hydrogen-bond donors (Lipinski definition) is 0. The van der Waals surface area contributed by atoms with Crippen LogP contribution in [-0.2, 0) is 6.54 Å². The lowest BCUT2D eigenvalue weighted by Gasteiger charge is -2.10. The van der Waals surface area contributed by atoms with E-state index in [4.69, 9.17) is 14.5 Å². The summed E-state index contributed by atoms with van der Waals surface area (Å²) in [5.41, 5.74) is 3.83. The minimum Gasteiger partial charge on any atom is -0.454 e. The van der Waals surface area contributed by atoms with Gasteiger partial charge in [-0.05, 0) is 35.9 Å². The zero-order valence-electron chi connectivity index (χ0n) is 14.7. The number of nitro benzene ring substituents is 1. The number of benzene rings is 3. The molecule has 0 radical (unpaired) electrons. The summed E-state index contributed by atoms with van der Waals surface area (Å²) < 4.78 is 13.0. The minimum absolute atomic E-state index is 0.0789. The van der Waals surface area contributed by atoms with Crippen LogP contribution in [0.5, 0.6) is 11.5 Å². The summed E-state index contributed by atoms with van der Waals surface area (Å²) in [7, 11) is 0. The van der Waals surface area contributed by atoms with Crippen molar-refractivity contribution in [1.82, 2.24) is 9.55 Å². The van der Waals surface area contributed by atoms with Crippen molar-refractivity contribution in [3.8, 4) is 22.9 Å². The number of fused-ring (bicyclic) bond motifs is 2. The van der Waals surface area contributed by atoms with Crippen LogP contribution in [0.1, 0.15) is 5.56 Å². The van der Waals surface area contributed by atoms with Gasteiger partial charge in [0.2, 0.25) is 6.79 Å². The second-order valence-corrected chi connectivity index (χ2v) is 6.50. The van der Waals surface area contributed by atoms with Gasteiger partial charge in [-0.2, -0.15) is 0 Å². The molecule has 7 nitrogen and oxygen atoms in total. The Morgan fingerprint density at radius 3 is 2.61 bits per heavy atom. The first kappa shape index (κ1) is 16.3. The van der Waals surface area contributed by atoms with Crippen LogP contribution in [-0.4, -0.2) is 21.3 Å². The maximum absolute atomic E-state index is 10.9. The van der Waals surface area contributed by atoms with E-state index in [1.165, 1.54) is 12.1 Å². The molecule has 7 heteroatoms. The van der Waals surface area contributed by atoms with E-state index in [0.717, 1.165) is 33.7 Å². The lowest BCUT2D eigenvalue weighted by atomic mass is 10.1. The molecule has 1 aromatic heterocycles. The molecule has 1 aliphatic heterocycles. The number of para-hydroxylation sites is 2. The Hall–Kier alpha value is -3.87. The maximum Gasteiger partial charge on any atom is 0.269 e. The van der Waals surface area contributed by atoms with Gasteiger partial charge in [0.15, 0.2) is 11.5 Å². The molecule has 0 N–H and O–H groups in total. The Balaban J connectivity index is 1.61. The van der Waals surface area contributed by atoms with Crippen molar-refractivity contribution in [2.45, 2.75) is 6.54 Å². The quantitative estimate of drug-likeness (QED) is 0.392. The van der Waals surface area contributed by atoms with Crippen LogP contribution in [0.15, 0.2) is 66.7 Å². The van der Waals surface area contributed by atoms with Crippen molar-refractivity contribution in [2.24, 2.45) is 0 Å². The van der Waals surface area contributed by atoms with E-state index in [0.29, 0.717) is 12.3 Å². The van der Waals surface area contributed by atoms with Crippen LogP contribution in [0.3, 0.4) is 0 Å². The van der Waals surface area contributed by atoms with Crippen LogP contribution in [0.4, 0.5) is 5.69 Å². The zero-order chi connectivity index (χ0) is 19.1. The molecule has 28 heavy (non-hydrogen) atoms. The SMILES string of the molecule is O=[N+]([O-])c1ccc(Cn2c(-c3ccc4c(c3)OCO4)nc3ccccc32)cc1. The van der Waals surface area contributed by atoms with Gasteiger partial charge in [0.1, 0.15) is 5.82 Å². The Kier molecular flexibility index (Phi) is 3.72. The normalized spacial score (nSPS) is 12.4. The number of nitrogens with zero attached hydrogens (tertiary/aromatic N) is 3. The topological polar surface area (TPSA) is 79.4 Å². The molecule has 0 aliphatic carbocycles. The van der Waals surface area contributed by atoms with Crippen LogP contribution in [0.2, 0.25) is 0 Å². The number of non-ortho nitro benzene ring substituents is 1. The maximum atomic E-state index is 10.9. The number of ether oxygens (including phenoxy) is 2. The zero-order valence-corrected chi connectivity index (χ0v) is 14.7. The molecule has 0 amide bonds. The standard InChI is InChI=1S/C21H15N3O4/c25-24(26)16-8-5-14(6-9-16)12-23-18-4-2-1-3-17(18)22-21(23)15-7-10-19-20(11-15)28-13-27-19/h1-11H,12-13H2. The van der Waals surface area contributed by atoms with Gasteiger partial charge in [-0.1, -0.05) is 24.3 Å². The summed E-state index contributed by atoms with van der Waals surface area (Å²) in [6.45, 7) is 0.764. The molecular weight excluding hydrogens is 358 g/mol.